The van der Waals surface area contributed by atoms with E-state index in [9.17, 15) is 20.0 Å². The van der Waals surface area contributed by atoms with Gasteiger partial charge in [-0.25, -0.2) is 9.67 Å². The summed E-state index contributed by atoms with van der Waals surface area (Å²) in [6.07, 6.45) is 4.88. The summed E-state index contributed by atoms with van der Waals surface area (Å²) >= 11 is -1.33. The highest BCUT2D eigenvalue weighted by Gasteiger charge is 2.26. The van der Waals surface area contributed by atoms with Crippen LogP contribution in [0.4, 0.5) is 0 Å². The Morgan fingerprint density at radius 1 is 1.00 bits per heavy atom. The van der Waals surface area contributed by atoms with Gasteiger partial charge in [-0.1, -0.05) is 18.2 Å². The molecule has 1 unspecified atom stereocenters. The van der Waals surface area contributed by atoms with Crippen molar-refractivity contribution >= 4 is 22.2 Å². The van der Waals surface area contributed by atoms with Crippen molar-refractivity contribution < 1.29 is 14.0 Å². The van der Waals surface area contributed by atoms with Gasteiger partial charge in [0.15, 0.2) is 5.75 Å². The van der Waals surface area contributed by atoms with Gasteiger partial charge in [0.05, 0.1) is 65.7 Å². The number of nitriles is 2. The number of ether oxygens (including phenoxy) is 2. The molecule has 14 nitrogen and oxygen atoms in total. The number of nitroso groups, excluding NO2 is 1. The van der Waals surface area contributed by atoms with Crippen molar-refractivity contribution in [3.63, 3.8) is 0 Å². The van der Waals surface area contributed by atoms with E-state index in [1.165, 1.54) is 11.3 Å². The minimum Gasteiger partial charge on any atom is -0.609 e. The predicted octanol–water partition coefficient (Wildman–Crippen LogP) is 6.84. The Morgan fingerprint density at radius 2 is 1.64 bits per heavy atom. The van der Waals surface area contributed by atoms with Crippen molar-refractivity contribution in [1.82, 2.24) is 34.7 Å². The summed E-state index contributed by atoms with van der Waals surface area (Å²) in [5, 5.41) is 27.5. The summed E-state index contributed by atoms with van der Waals surface area (Å²) in [7, 11) is 3.23. The number of nitrogens with zero attached hydrogens (tertiary/aromatic N) is 9. The number of benzene rings is 2. The largest absolute Gasteiger partial charge is 0.609 e. The number of hydrogen-bond donors (Lipinski definition) is 1. The fourth-order valence-electron chi connectivity index (χ4n) is 5.08. The molecular weight excluding hydrogens is 693 g/mol. The first-order valence-electron chi connectivity index (χ1n) is 17.0. The number of hydrogen-bond acceptors (Lipinski definition) is 11. The van der Waals surface area contributed by atoms with Crippen LogP contribution in [0.5, 0.6) is 11.5 Å². The van der Waals surface area contributed by atoms with Gasteiger partial charge in [0.2, 0.25) is 0 Å². The molecule has 0 saturated heterocycles. The first-order chi connectivity index (χ1) is 25.2. The third kappa shape index (κ3) is 11.0. The second-order valence-corrected chi connectivity index (χ2v) is 14.5. The van der Waals surface area contributed by atoms with Gasteiger partial charge < -0.3 is 14.0 Å². The molecule has 0 fully saturated rings. The molecule has 0 spiro atoms. The molecule has 3 heterocycles. The van der Waals surface area contributed by atoms with E-state index in [0.717, 1.165) is 50.3 Å². The number of imidazole rings is 1. The average molecular weight is 741 g/mol. The second kappa shape index (κ2) is 18.8. The second-order valence-electron chi connectivity index (χ2n) is 13.2. The zero-order valence-corrected chi connectivity index (χ0v) is 32.9. The highest BCUT2D eigenvalue weighted by molar-refractivity contribution is 7.90. The van der Waals surface area contributed by atoms with Crippen LogP contribution in [0.2, 0.25) is 0 Å². The molecule has 0 radical (unpaired) electrons. The van der Waals surface area contributed by atoms with Gasteiger partial charge in [-0.05, 0) is 84.2 Å². The average Bonchev–Trinajstić information content (AvgIpc) is 3.84. The number of pyridine rings is 1. The van der Waals surface area contributed by atoms with Crippen molar-refractivity contribution in [1.29, 1.82) is 10.5 Å². The molecular formula is C38H48N10O4S. The molecule has 280 valence electrons. The van der Waals surface area contributed by atoms with E-state index < -0.39 is 22.0 Å². The fourth-order valence-corrected chi connectivity index (χ4v) is 6.18. The van der Waals surface area contributed by atoms with Crippen molar-refractivity contribution in [3.8, 4) is 23.6 Å². The number of nitrogens with one attached hydrogen (secondary N) is 1. The van der Waals surface area contributed by atoms with Crippen molar-refractivity contribution in [2.45, 2.75) is 83.7 Å². The maximum absolute atomic E-state index is 12.7. The number of fused-ring (bicyclic) bond motifs is 1. The number of aromatic nitrogens is 6. The molecule has 1 N–H and O–H groups in total. The Bertz CT molecular complexity index is 2000. The van der Waals surface area contributed by atoms with Crippen LogP contribution in [0, 0.1) is 41.4 Å². The van der Waals surface area contributed by atoms with Gasteiger partial charge in [0.25, 0.3) is 0 Å². The quantitative estimate of drug-likeness (QED) is 0.0799. The molecule has 53 heavy (non-hydrogen) atoms. The van der Waals surface area contributed by atoms with Gasteiger partial charge >= 0.3 is 5.16 Å². The smallest absolute Gasteiger partial charge is 0.322 e. The van der Waals surface area contributed by atoms with Crippen LogP contribution >= 0.6 is 0 Å². The Balaban J connectivity index is 0.000000243. The fraction of sp³-hybridized carbons (Fsp3) is 0.421. The van der Waals surface area contributed by atoms with E-state index in [1.807, 2.05) is 91.8 Å². The number of H-pyrrole nitrogens is 1. The van der Waals surface area contributed by atoms with Crippen LogP contribution in [0.15, 0.2) is 65.7 Å². The molecule has 15 heteroatoms. The van der Waals surface area contributed by atoms with Gasteiger partial charge in [0, 0.05) is 47.7 Å². The number of rotatable bonds is 12. The Labute approximate surface area is 314 Å². The predicted molar refractivity (Wildman–Crippen MR) is 205 cm³/mol. The molecule has 0 amide bonds. The van der Waals surface area contributed by atoms with Crippen molar-refractivity contribution in [2.75, 3.05) is 27.3 Å². The minimum absolute atomic E-state index is 0.277. The Morgan fingerprint density at radius 3 is 2.13 bits per heavy atom. The molecule has 2 aromatic carbocycles. The minimum atomic E-state index is -1.33. The van der Waals surface area contributed by atoms with Crippen LogP contribution in [0.3, 0.4) is 0 Å². The number of methoxy groups -OCH3 is 2. The first-order valence-corrected chi connectivity index (χ1v) is 18.3. The van der Waals surface area contributed by atoms with Crippen molar-refractivity contribution in [3.05, 3.63) is 93.7 Å². The lowest BCUT2D eigenvalue weighted by molar-refractivity contribution is 0.317. The first kappa shape index (κ1) is 41.9. The molecule has 0 bridgehead atoms. The molecule has 5 aromatic rings. The zero-order chi connectivity index (χ0) is 39.3. The number of aryl methyl sites for hydroxylation is 1. The molecule has 3 aromatic heterocycles. The third-order valence-electron chi connectivity index (χ3n) is 8.55. The van der Waals surface area contributed by atoms with Crippen LogP contribution < -0.4 is 9.47 Å². The summed E-state index contributed by atoms with van der Waals surface area (Å²) in [5.74, 6) is 1.78. The molecule has 0 aliphatic carbocycles. The lowest BCUT2D eigenvalue weighted by Crippen LogP contribution is -2.20. The topological polar surface area (TPSA) is 194 Å². The maximum Gasteiger partial charge on any atom is 0.322 e. The van der Waals surface area contributed by atoms with E-state index in [2.05, 4.69) is 42.5 Å². The van der Waals surface area contributed by atoms with Gasteiger partial charge in [-0.15, -0.1) is 4.91 Å². The maximum atomic E-state index is 12.7. The van der Waals surface area contributed by atoms with Gasteiger partial charge in [0.1, 0.15) is 24.2 Å². The van der Waals surface area contributed by atoms with E-state index in [-0.39, 0.29) is 5.75 Å². The molecule has 0 aliphatic heterocycles. The van der Waals surface area contributed by atoms with Crippen LogP contribution in [0.25, 0.3) is 11.0 Å². The standard InChI is InChI=1S/C17H19N5.C17H19N3O3S.C4H10N2O/c1-16(2,9-18)14-5-13(8-22-12-20-11-21-22)6-15(7-14)17(3,4)10-19;1-10-8-18-15(11(2)16(10)23-4)9-24(21)17-19-13-6-5-12(22-3)7-14(13)20-17;1-3-6(4-2)5-7/h5-7,11-12H,8H2,1-4H3;5-8H,9H2,1-4H3,(H,19,20);3-4H2,1-2H3. The lowest BCUT2D eigenvalue weighted by Gasteiger charge is -2.23. The summed E-state index contributed by atoms with van der Waals surface area (Å²) < 4.78 is 25.0. The summed E-state index contributed by atoms with van der Waals surface area (Å²) in [6, 6.07) is 16.1. The third-order valence-corrected chi connectivity index (χ3v) is 9.71. The number of aromatic amines is 1. The van der Waals surface area contributed by atoms with Crippen LogP contribution in [-0.2, 0) is 34.3 Å². The monoisotopic (exact) mass is 740 g/mol. The lowest BCUT2D eigenvalue weighted by atomic mass is 9.79. The summed E-state index contributed by atoms with van der Waals surface area (Å²) in [6.45, 7) is 17.1. The van der Waals surface area contributed by atoms with Gasteiger partial charge in [-0.2, -0.15) is 20.6 Å². The summed E-state index contributed by atoms with van der Waals surface area (Å²) in [4.78, 5) is 25.5. The molecule has 0 aliphatic rings. The Kier molecular flexibility index (Phi) is 14.9. The molecule has 5 rings (SSSR count). The summed E-state index contributed by atoms with van der Waals surface area (Å²) in [5.41, 5.74) is 5.76. The van der Waals surface area contributed by atoms with E-state index in [4.69, 9.17) is 9.47 Å². The van der Waals surface area contributed by atoms with Crippen LogP contribution in [-0.4, -0.2) is 66.6 Å². The Hall–Kier alpha value is -5.51. The van der Waals surface area contributed by atoms with E-state index in [1.54, 1.807) is 31.4 Å². The molecule has 0 saturated carbocycles. The normalized spacial score (nSPS) is 11.6. The van der Waals surface area contributed by atoms with E-state index in [0.29, 0.717) is 30.5 Å². The SMILES string of the molecule is CC(C)(C#N)c1cc(Cn2cncn2)cc(C(C)(C)C#N)c1.CCN(CC)N=O.COc1ccc2[nH]c([S+]([O-])Cc3ncc(C)c(OC)c3C)nc2c1. The van der Waals surface area contributed by atoms with Gasteiger partial charge in [-0.3, -0.25) is 15.0 Å². The van der Waals surface area contributed by atoms with Crippen molar-refractivity contribution in [2.24, 2.45) is 5.29 Å². The zero-order valence-electron chi connectivity index (χ0n) is 32.1. The van der Waals surface area contributed by atoms with E-state index >= 15 is 0 Å². The highest BCUT2D eigenvalue weighted by Crippen LogP contribution is 2.31. The highest BCUT2D eigenvalue weighted by atomic mass is 32.2. The van der Waals surface area contributed by atoms with Crippen LogP contribution in [0.1, 0.15) is 75.1 Å². The molecule has 1 atom stereocenters.